The summed E-state index contributed by atoms with van der Waals surface area (Å²) in [6.45, 7) is -0.0688. The Labute approximate surface area is 82.0 Å². The molecule has 0 aliphatic carbocycles. The van der Waals surface area contributed by atoms with Gasteiger partial charge in [-0.25, -0.2) is 4.79 Å². The molecule has 4 nitrogen and oxygen atoms in total. The van der Waals surface area contributed by atoms with E-state index in [9.17, 15) is 4.79 Å². The molecule has 0 saturated carbocycles. The summed E-state index contributed by atoms with van der Waals surface area (Å²) in [6, 6.07) is 6.19. The van der Waals surface area contributed by atoms with E-state index >= 15 is 0 Å². The molecule has 4 N–H and O–H groups in total. The van der Waals surface area contributed by atoms with E-state index in [4.69, 9.17) is 15.9 Å². The van der Waals surface area contributed by atoms with E-state index in [1.54, 1.807) is 12.1 Å². The van der Waals surface area contributed by atoms with Gasteiger partial charge in [0.25, 0.3) is 0 Å². The number of hydrogen-bond acceptors (Lipinski definition) is 3. The number of carboxylic acid groups (broad SMARTS) is 1. The standard InChI is InChI=1S/C10H13NO3/c11-9(6-12)5-7-1-3-8(4-2-7)10(13)14/h1-4,9,12H,5-6,11H2,(H,13,14). The normalized spacial score (nSPS) is 12.4. The summed E-state index contributed by atoms with van der Waals surface area (Å²) in [4.78, 5) is 10.5. The van der Waals surface area contributed by atoms with Crippen LogP contribution in [-0.2, 0) is 6.42 Å². The lowest BCUT2D eigenvalue weighted by molar-refractivity contribution is 0.0697. The van der Waals surface area contributed by atoms with Crippen LogP contribution in [0.25, 0.3) is 0 Å². The SMILES string of the molecule is NC(CO)Cc1ccc(C(=O)O)cc1. The molecular weight excluding hydrogens is 182 g/mol. The Balaban J connectivity index is 2.68. The van der Waals surface area contributed by atoms with E-state index in [0.717, 1.165) is 5.56 Å². The molecule has 0 saturated heterocycles. The van der Waals surface area contributed by atoms with E-state index in [2.05, 4.69) is 0 Å². The maximum absolute atomic E-state index is 10.5. The Morgan fingerprint density at radius 3 is 2.36 bits per heavy atom. The minimum atomic E-state index is -0.942. The van der Waals surface area contributed by atoms with Gasteiger partial charge >= 0.3 is 5.97 Å². The van der Waals surface area contributed by atoms with E-state index in [0.29, 0.717) is 6.42 Å². The van der Waals surface area contributed by atoms with Gasteiger partial charge in [-0.3, -0.25) is 0 Å². The zero-order valence-corrected chi connectivity index (χ0v) is 7.68. The van der Waals surface area contributed by atoms with Crippen molar-refractivity contribution < 1.29 is 15.0 Å². The predicted molar refractivity (Wildman–Crippen MR) is 52.2 cm³/mol. The maximum atomic E-state index is 10.5. The average Bonchev–Trinajstić information content (AvgIpc) is 2.18. The van der Waals surface area contributed by atoms with Gasteiger partial charge in [-0.15, -0.1) is 0 Å². The van der Waals surface area contributed by atoms with E-state index in [-0.39, 0.29) is 18.2 Å². The molecule has 0 aromatic heterocycles. The summed E-state index contributed by atoms with van der Waals surface area (Å²) in [5.41, 5.74) is 6.72. The average molecular weight is 195 g/mol. The Morgan fingerprint density at radius 2 is 1.93 bits per heavy atom. The highest BCUT2D eigenvalue weighted by Crippen LogP contribution is 2.06. The van der Waals surface area contributed by atoms with Crippen molar-refractivity contribution >= 4 is 5.97 Å². The van der Waals surface area contributed by atoms with Gasteiger partial charge in [0, 0.05) is 6.04 Å². The molecule has 76 valence electrons. The van der Waals surface area contributed by atoms with Crippen molar-refractivity contribution in [2.45, 2.75) is 12.5 Å². The van der Waals surface area contributed by atoms with Gasteiger partial charge in [0.15, 0.2) is 0 Å². The molecule has 0 radical (unpaired) electrons. The Hall–Kier alpha value is -1.39. The van der Waals surface area contributed by atoms with Crippen LogP contribution in [0.15, 0.2) is 24.3 Å². The number of rotatable bonds is 4. The Kier molecular flexibility index (Phi) is 3.62. The summed E-state index contributed by atoms with van der Waals surface area (Å²) in [5.74, 6) is -0.942. The third-order valence-electron chi connectivity index (χ3n) is 1.93. The minimum absolute atomic E-state index is 0.0688. The fourth-order valence-corrected chi connectivity index (χ4v) is 1.15. The molecule has 1 aromatic carbocycles. The van der Waals surface area contributed by atoms with Crippen LogP contribution in [0.2, 0.25) is 0 Å². The molecule has 0 aliphatic heterocycles. The highest BCUT2D eigenvalue weighted by Gasteiger charge is 2.04. The fourth-order valence-electron chi connectivity index (χ4n) is 1.15. The third kappa shape index (κ3) is 2.83. The van der Waals surface area contributed by atoms with Gasteiger partial charge in [-0.1, -0.05) is 12.1 Å². The number of carboxylic acids is 1. The van der Waals surface area contributed by atoms with E-state index < -0.39 is 5.97 Å². The van der Waals surface area contributed by atoms with Crippen LogP contribution in [0.4, 0.5) is 0 Å². The first-order valence-electron chi connectivity index (χ1n) is 4.32. The Bertz CT molecular complexity index is 308. The van der Waals surface area contributed by atoms with Crippen LogP contribution in [0, 0.1) is 0 Å². The molecular formula is C10H13NO3. The highest BCUT2D eigenvalue weighted by molar-refractivity contribution is 5.87. The smallest absolute Gasteiger partial charge is 0.335 e. The van der Waals surface area contributed by atoms with Crippen molar-refractivity contribution in [2.75, 3.05) is 6.61 Å². The number of aliphatic hydroxyl groups excluding tert-OH is 1. The highest BCUT2D eigenvalue weighted by atomic mass is 16.4. The number of benzene rings is 1. The number of hydrogen-bond donors (Lipinski definition) is 3. The zero-order chi connectivity index (χ0) is 10.6. The first kappa shape index (κ1) is 10.7. The fraction of sp³-hybridized carbons (Fsp3) is 0.300. The molecule has 1 unspecified atom stereocenters. The largest absolute Gasteiger partial charge is 0.478 e. The van der Waals surface area contributed by atoms with Crippen LogP contribution >= 0.6 is 0 Å². The molecule has 0 spiro atoms. The molecule has 1 rings (SSSR count). The van der Waals surface area contributed by atoms with Gasteiger partial charge in [-0.2, -0.15) is 0 Å². The number of aliphatic hydroxyl groups is 1. The monoisotopic (exact) mass is 195 g/mol. The van der Waals surface area contributed by atoms with Crippen LogP contribution in [-0.4, -0.2) is 28.8 Å². The van der Waals surface area contributed by atoms with Gasteiger partial charge in [0.2, 0.25) is 0 Å². The van der Waals surface area contributed by atoms with Crippen LogP contribution in [0.5, 0.6) is 0 Å². The molecule has 0 fully saturated rings. The van der Waals surface area contributed by atoms with Gasteiger partial charge in [-0.05, 0) is 24.1 Å². The third-order valence-corrected chi connectivity index (χ3v) is 1.93. The number of aromatic carboxylic acids is 1. The van der Waals surface area contributed by atoms with E-state index in [1.807, 2.05) is 0 Å². The molecule has 0 bridgehead atoms. The molecule has 0 aliphatic rings. The van der Waals surface area contributed by atoms with Crippen molar-refractivity contribution in [1.29, 1.82) is 0 Å². The van der Waals surface area contributed by atoms with Crippen molar-refractivity contribution in [2.24, 2.45) is 5.73 Å². The quantitative estimate of drug-likeness (QED) is 0.643. The lowest BCUT2D eigenvalue weighted by Gasteiger charge is -2.07. The topological polar surface area (TPSA) is 83.5 Å². The summed E-state index contributed by atoms with van der Waals surface area (Å²) >= 11 is 0. The van der Waals surface area contributed by atoms with E-state index in [1.165, 1.54) is 12.1 Å². The van der Waals surface area contributed by atoms with Crippen molar-refractivity contribution in [3.63, 3.8) is 0 Å². The van der Waals surface area contributed by atoms with Crippen LogP contribution in [0.3, 0.4) is 0 Å². The Morgan fingerprint density at radius 1 is 1.36 bits per heavy atom. The molecule has 0 heterocycles. The predicted octanol–water partition coefficient (Wildman–Crippen LogP) is 0.247. The van der Waals surface area contributed by atoms with Crippen molar-refractivity contribution in [3.8, 4) is 0 Å². The molecule has 4 heteroatoms. The first-order chi connectivity index (χ1) is 6.63. The van der Waals surface area contributed by atoms with Crippen LogP contribution < -0.4 is 5.73 Å². The summed E-state index contributed by atoms with van der Waals surface area (Å²) < 4.78 is 0. The number of nitrogens with two attached hydrogens (primary N) is 1. The van der Waals surface area contributed by atoms with Gasteiger partial charge < -0.3 is 15.9 Å². The van der Waals surface area contributed by atoms with Crippen LogP contribution in [0.1, 0.15) is 15.9 Å². The molecule has 1 atom stereocenters. The summed E-state index contributed by atoms with van der Waals surface area (Å²) in [7, 11) is 0. The minimum Gasteiger partial charge on any atom is -0.478 e. The molecule has 14 heavy (non-hydrogen) atoms. The summed E-state index contributed by atoms with van der Waals surface area (Å²) in [6.07, 6.45) is 0.552. The maximum Gasteiger partial charge on any atom is 0.335 e. The zero-order valence-electron chi connectivity index (χ0n) is 7.68. The van der Waals surface area contributed by atoms with Gasteiger partial charge in [0.05, 0.1) is 12.2 Å². The van der Waals surface area contributed by atoms with Crippen molar-refractivity contribution in [3.05, 3.63) is 35.4 Å². The summed E-state index contributed by atoms with van der Waals surface area (Å²) in [5, 5.41) is 17.4. The molecule has 1 aromatic rings. The second kappa shape index (κ2) is 4.74. The second-order valence-corrected chi connectivity index (χ2v) is 3.15. The lowest BCUT2D eigenvalue weighted by atomic mass is 10.1. The van der Waals surface area contributed by atoms with Gasteiger partial charge in [0.1, 0.15) is 0 Å². The second-order valence-electron chi connectivity index (χ2n) is 3.15. The first-order valence-corrected chi connectivity index (χ1v) is 4.32. The molecule has 0 amide bonds. The number of carbonyl (C=O) groups is 1. The van der Waals surface area contributed by atoms with Crippen molar-refractivity contribution in [1.82, 2.24) is 0 Å². The lowest BCUT2D eigenvalue weighted by Crippen LogP contribution is -2.26.